The fraction of sp³-hybridized carbons (Fsp3) is 0.667. The van der Waals surface area contributed by atoms with Crippen LogP contribution < -0.4 is 0 Å². The maximum atomic E-state index is 12.1. The Morgan fingerprint density at radius 3 is 2.94 bits per heavy atom. The van der Waals surface area contributed by atoms with Crippen LogP contribution in [0.1, 0.15) is 29.8 Å². The molecule has 0 saturated heterocycles. The van der Waals surface area contributed by atoms with Gasteiger partial charge in [-0.2, -0.15) is 5.10 Å². The Morgan fingerprint density at radius 1 is 1.65 bits per heavy atom. The molecule has 1 N–H and O–H groups in total. The number of rotatable bonds is 3. The molecule has 2 rings (SSSR count). The standard InChI is InChI=1S/C12H19N3O2/c1-14(8-9-4-3-5-11(9)16)12(17)10-6-7-13-15(10)2/h6-7,9,11,16H,3-5,8H2,1-2H3. The van der Waals surface area contributed by atoms with Crippen molar-refractivity contribution in [1.82, 2.24) is 14.7 Å². The average molecular weight is 237 g/mol. The van der Waals surface area contributed by atoms with Gasteiger partial charge in [0, 0.05) is 32.8 Å². The number of amides is 1. The molecule has 0 radical (unpaired) electrons. The predicted octanol–water partition coefficient (Wildman–Crippen LogP) is 0.653. The SMILES string of the molecule is CN(CC1CCCC1O)C(=O)c1ccnn1C. The fourth-order valence-corrected chi connectivity index (χ4v) is 2.44. The van der Waals surface area contributed by atoms with Gasteiger partial charge in [0.05, 0.1) is 6.10 Å². The number of carbonyl (C=O) groups is 1. The summed E-state index contributed by atoms with van der Waals surface area (Å²) in [6, 6.07) is 1.71. The van der Waals surface area contributed by atoms with Crippen LogP contribution in [0.15, 0.2) is 12.3 Å². The molecule has 1 saturated carbocycles. The van der Waals surface area contributed by atoms with Crippen molar-refractivity contribution >= 4 is 5.91 Å². The van der Waals surface area contributed by atoms with Crippen molar-refractivity contribution in [2.75, 3.05) is 13.6 Å². The molecule has 0 spiro atoms. The zero-order chi connectivity index (χ0) is 12.4. The lowest BCUT2D eigenvalue weighted by molar-refractivity contribution is 0.0684. The Hall–Kier alpha value is -1.36. The van der Waals surface area contributed by atoms with Crippen molar-refractivity contribution in [3.63, 3.8) is 0 Å². The zero-order valence-corrected chi connectivity index (χ0v) is 10.3. The van der Waals surface area contributed by atoms with Crippen molar-refractivity contribution in [2.24, 2.45) is 13.0 Å². The van der Waals surface area contributed by atoms with Crippen molar-refractivity contribution in [3.05, 3.63) is 18.0 Å². The molecule has 94 valence electrons. The topological polar surface area (TPSA) is 58.4 Å². The minimum absolute atomic E-state index is 0.0379. The molecule has 2 unspecified atom stereocenters. The lowest BCUT2D eigenvalue weighted by Crippen LogP contribution is -2.35. The third-order valence-corrected chi connectivity index (χ3v) is 3.51. The molecule has 0 bridgehead atoms. The minimum atomic E-state index is -0.253. The monoisotopic (exact) mass is 237 g/mol. The van der Waals surface area contributed by atoms with Gasteiger partial charge in [-0.3, -0.25) is 9.48 Å². The molecule has 0 aliphatic heterocycles. The summed E-state index contributed by atoms with van der Waals surface area (Å²) in [4.78, 5) is 13.8. The molecule has 1 aromatic heterocycles. The van der Waals surface area contributed by atoms with Gasteiger partial charge in [0.2, 0.25) is 0 Å². The fourth-order valence-electron chi connectivity index (χ4n) is 2.44. The van der Waals surface area contributed by atoms with E-state index in [4.69, 9.17) is 0 Å². The summed E-state index contributed by atoms with van der Waals surface area (Å²) in [5, 5.41) is 13.7. The highest BCUT2D eigenvalue weighted by Crippen LogP contribution is 2.26. The zero-order valence-electron chi connectivity index (χ0n) is 10.3. The van der Waals surface area contributed by atoms with Gasteiger partial charge in [-0.25, -0.2) is 0 Å². The van der Waals surface area contributed by atoms with Crippen LogP contribution in [0.2, 0.25) is 0 Å². The number of aromatic nitrogens is 2. The maximum Gasteiger partial charge on any atom is 0.271 e. The highest BCUT2D eigenvalue weighted by atomic mass is 16.3. The van der Waals surface area contributed by atoms with Crippen molar-refractivity contribution in [1.29, 1.82) is 0 Å². The average Bonchev–Trinajstić information content (AvgIpc) is 2.88. The largest absolute Gasteiger partial charge is 0.393 e. The second kappa shape index (κ2) is 4.87. The second-order valence-corrected chi connectivity index (χ2v) is 4.78. The molecule has 17 heavy (non-hydrogen) atoms. The van der Waals surface area contributed by atoms with E-state index in [1.54, 1.807) is 35.9 Å². The van der Waals surface area contributed by atoms with E-state index in [2.05, 4.69) is 5.10 Å². The van der Waals surface area contributed by atoms with Gasteiger partial charge in [0.1, 0.15) is 5.69 Å². The molecule has 1 aliphatic carbocycles. The van der Waals surface area contributed by atoms with E-state index >= 15 is 0 Å². The first-order valence-corrected chi connectivity index (χ1v) is 6.01. The summed E-state index contributed by atoms with van der Waals surface area (Å²) in [6.07, 6.45) is 4.28. The summed E-state index contributed by atoms with van der Waals surface area (Å²) < 4.78 is 1.57. The Kier molecular flexibility index (Phi) is 3.47. The third-order valence-electron chi connectivity index (χ3n) is 3.51. The number of carbonyl (C=O) groups excluding carboxylic acids is 1. The Balaban J connectivity index is 1.98. The van der Waals surface area contributed by atoms with E-state index < -0.39 is 0 Å². The predicted molar refractivity (Wildman–Crippen MR) is 63.5 cm³/mol. The molecule has 1 fully saturated rings. The summed E-state index contributed by atoms with van der Waals surface area (Å²) >= 11 is 0. The third kappa shape index (κ3) is 2.49. The van der Waals surface area contributed by atoms with Crippen LogP contribution in [0, 0.1) is 5.92 Å². The van der Waals surface area contributed by atoms with Gasteiger partial charge in [-0.05, 0) is 18.9 Å². The normalized spacial score (nSPS) is 23.9. The molecule has 5 nitrogen and oxygen atoms in total. The van der Waals surface area contributed by atoms with Crippen LogP contribution in [-0.4, -0.2) is 45.4 Å². The van der Waals surface area contributed by atoms with Crippen molar-refractivity contribution in [3.8, 4) is 0 Å². The van der Waals surface area contributed by atoms with Gasteiger partial charge in [0.25, 0.3) is 5.91 Å². The van der Waals surface area contributed by atoms with Gasteiger partial charge in [-0.1, -0.05) is 6.42 Å². The number of hydrogen-bond acceptors (Lipinski definition) is 3. The van der Waals surface area contributed by atoms with Gasteiger partial charge in [-0.15, -0.1) is 0 Å². The lowest BCUT2D eigenvalue weighted by atomic mass is 10.1. The van der Waals surface area contributed by atoms with E-state index in [1.807, 2.05) is 0 Å². The first-order valence-electron chi connectivity index (χ1n) is 6.01. The number of nitrogens with zero attached hydrogens (tertiary/aromatic N) is 3. The van der Waals surface area contributed by atoms with E-state index in [0.717, 1.165) is 19.3 Å². The van der Waals surface area contributed by atoms with E-state index in [1.165, 1.54) is 0 Å². The van der Waals surface area contributed by atoms with Crippen molar-refractivity contribution in [2.45, 2.75) is 25.4 Å². The van der Waals surface area contributed by atoms with Crippen LogP contribution in [-0.2, 0) is 7.05 Å². The quantitative estimate of drug-likeness (QED) is 0.840. The van der Waals surface area contributed by atoms with Crippen LogP contribution in [0.5, 0.6) is 0 Å². The molecule has 1 aromatic rings. The molecule has 1 heterocycles. The highest BCUT2D eigenvalue weighted by Gasteiger charge is 2.28. The number of aliphatic hydroxyl groups is 1. The van der Waals surface area contributed by atoms with Crippen LogP contribution in [0.4, 0.5) is 0 Å². The van der Waals surface area contributed by atoms with Crippen molar-refractivity contribution < 1.29 is 9.90 Å². The van der Waals surface area contributed by atoms with Gasteiger partial charge in [0.15, 0.2) is 0 Å². The first kappa shape index (κ1) is 12.1. The molecule has 2 atom stereocenters. The summed E-state index contributed by atoms with van der Waals surface area (Å²) in [7, 11) is 3.53. The lowest BCUT2D eigenvalue weighted by Gasteiger charge is -2.23. The molecular weight excluding hydrogens is 218 g/mol. The molecule has 1 amide bonds. The minimum Gasteiger partial charge on any atom is -0.393 e. The smallest absolute Gasteiger partial charge is 0.271 e. The van der Waals surface area contributed by atoms with E-state index in [0.29, 0.717) is 12.2 Å². The molecule has 5 heteroatoms. The number of aliphatic hydroxyl groups excluding tert-OH is 1. The molecule has 0 aromatic carbocycles. The van der Waals surface area contributed by atoms with Crippen LogP contribution >= 0.6 is 0 Å². The Bertz CT molecular complexity index is 402. The summed E-state index contributed by atoms with van der Waals surface area (Å²) in [5.41, 5.74) is 0.583. The number of hydrogen-bond donors (Lipinski definition) is 1. The van der Waals surface area contributed by atoms with Crippen LogP contribution in [0.25, 0.3) is 0 Å². The first-order chi connectivity index (χ1) is 8.09. The second-order valence-electron chi connectivity index (χ2n) is 4.78. The van der Waals surface area contributed by atoms with E-state index in [-0.39, 0.29) is 17.9 Å². The van der Waals surface area contributed by atoms with Gasteiger partial charge >= 0.3 is 0 Å². The highest BCUT2D eigenvalue weighted by molar-refractivity contribution is 5.92. The number of aryl methyl sites for hydroxylation is 1. The Morgan fingerprint density at radius 2 is 2.41 bits per heavy atom. The molecular formula is C12H19N3O2. The molecule has 1 aliphatic rings. The van der Waals surface area contributed by atoms with E-state index in [9.17, 15) is 9.90 Å². The maximum absolute atomic E-state index is 12.1. The van der Waals surface area contributed by atoms with Gasteiger partial charge < -0.3 is 10.0 Å². The Labute approximate surface area is 101 Å². The summed E-state index contributed by atoms with van der Waals surface area (Å²) in [5.74, 6) is 0.182. The summed E-state index contributed by atoms with van der Waals surface area (Å²) in [6.45, 7) is 0.616. The van der Waals surface area contributed by atoms with Crippen LogP contribution in [0.3, 0.4) is 0 Å².